The number of aromatic nitrogens is 1. The van der Waals surface area contributed by atoms with Crippen molar-refractivity contribution in [3.8, 4) is 23.1 Å². The molecule has 2 heterocycles. The minimum atomic E-state index is -0.00559. The summed E-state index contributed by atoms with van der Waals surface area (Å²) in [6, 6.07) is 32.5. The van der Waals surface area contributed by atoms with Gasteiger partial charge in [0.05, 0.1) is 17.3 Å². The Balaban J connectivity index is 0.00000541. The van der Waals surface area contributed by atoms with Crippen LogP contribution in [0.3, 0.4) is 0 Å². The number of nitrogens with zero attached hydrogens (tertiary/aromatic N) is 3. The van der Waals surface area contributed by atoms with E-state index in [1.807, 2.05) is 42.2 Å². The molecule has 0 aliphatic carbocycles. The molecule has 1 unspecified atom stereocenters. The lowest BCUT2D eigenvalue weighted by atomic mass is 10.1. The zero-order valence-corrected chi connectivity index (χ0v) is 32.3. The molecule has 1 aliphatic rings. The predicted octanol–water partition coefficient (Wildman–Crippen LogP) is 9.82. The van der Waals surface area contributed by atoms with Gasteiger partial charge in [0.2, 0.25) is 11.8 Å². The lowest BCUT2D eigenvalue weighted by molar-refractivity contribution is -0.127. The topological polar surface area (TPSA) is 64.1 Å². The molecule has 6 rings (SSSR count). The van der Waals surface area contributed by atoms with Crippen LogP contribution in [-0.2, 0) is 24.4 Å². The van der Waals surface area contributed by atoms with E-state index in [-0.39, 0.29) is 24.4 Å². The van der Waals surface area contributed by atoms with Crippen molar-refractivity contribution in [1.82, 2.24) is 14.8 Å². The van der Waals surface area contributed by atoms with E-state index in [0.29, 0.717) is 42.1 Å². The third kappa shape index (κ3) is 11.6. The molecule has 1 amide bonds. The van der Waals surface area contributed by atoms with E-state index >= 15 is 0 Å². The quantitative estimate of drug-likeness (QED) is 0.112. The van der Waals surface area contributed by atoms with Gasteiger partial charge in [-0.3, -0.25) is 9.69 Å². The summed E-state index contributed by atoms with van der Waals surface area (Å²) < 4.78 is 18.0. The zero-order valence-electron chi connectivity index (χ0n) is 30.8. The van der Waals surface area contributed by atoms with Crippen molar-refractivity contribution >= 4 is 36.0 Å². The van der Waals surface area contributed by atoms with Gasteiger partial charge in [-0.25, -0.2) is 4.98 Å². The lowest BCUT2D eigenvalue weighted by Gasteiger charge is -2.34. The molecule has 0 radical (unpaired) electrons. The molecule has 1 aromatic heterocycles. The first-order valence-electron chi connectivity index (χ1n) is 17.8. The van der Waals surface area contributed by atoms with Crippen molar-refractivity contribution in [2.75, 3.05) is 26.2 Å². The van der Waals surface area contributed by atoms with Crippen molar-refractivity contribution in [2.45, 2.75) is 53.4 Å². The maximum Gasteiger partial charge on any atom is 0.246 e. The van der Waals surface area contributed by atoms with Gasteiger partial charge in [0, 0.05) is 51.3 Å². The summed E-state index contributed by atoms with van der Waals surface area (Å²) >= 11 is 6.64. The molecule has 4 aromatic carbocycles. The summed E-state index contributed by atoms with van der Waals surface area (Å²) in [6.07, 6.45) is 6.01. The van der Waals surface area contributed by atoms with Crippen molar-refractivity contribution < 1.29 is 19.0 Å². The smallest absolute Gasteiger partial charge is 0.246 e. The second-order valence-electron chi connectivity index (χ2n) is 13.6. The Morgan fingerprint density at radius 1 is 0.811 bits per heavy atom. The van der Waals surface area contributed by atoms with Crippen molar-refractivity contribution in [3.05, 3.63) is 153 Å². The third-order valence-electron chi connectivity index (χ3n) is 9.11. The van der Waals surface area contributed by atoms with Crippen LogP contribution < -0.4 is 14.2 Å². The summed E-state index contributed by atoms with van der Waals surface area (Å²) in [4.78, 5) is 21.8. The van der Waals surface area contributed by atoms with Crippen LogP contribution in [0.1, 0.15) is 45.9 Å². The molecule has 0 bridgehead atoms. The largest absolute Gasteiger partial charge is 0.490 e. The first-order chi connectivity index (χ1) is 25.2. The number of benzene rings is 4. The SMILES string of the molecule is Cc1ccc(COc2ccc(Oc3c(C)cc(/C=C/C(=O)N4CCN(Cc5ccc(CC(C)Oc6ccc(C)cc6)cc5)CC4)cc3Cl)nc2)cc1.Cl. The van der Waals surface area contributed by atoms with Gasteiger partial charge in [0.25, 0.3) is 0 Å². The average molecular weight is 753 g/mol. The van der Waals surface area contributed by atoms with Gasteiger partial charge >= 0.3 is 0 Å². The first kappa shape index (κ1) is 39.4. The summed E-state index contributed by atoms with van der Waals surface area (Å²) in [7, 11) is 0. The standard InChI is InChI=1S/C44H46ClN3O4.ClH/c1-31-5-9-37(10-6-31)30-50-40-18-19-42(46-28-40)52-44-33(3)25-38(27-41(44)45)15-20-43(49)48-23-21-47(22-24-48)29-36-13-11-35(12-14-36)26-34(4)51-39-16-7-32(2)8-17-39;/h5-20,25,27-28,34H,21-24,26,29-30H2,1-4H3;1H/b20-15+;. The number of ether oxygens (including phenoxy) is 3. The fourth-order valence-electron chi connectivity index (χ4n) is 6.11. The normalized spacial score (nSPS) is 13.7. The van der Waals surface area contributed by atoms with Gasteiger partial charge in [-0.05, 0) is 91.9 Å². The molecular weight excluding hydrogens is 705 g/mol. The van der Waals surface area contributed by atoms with Crippen molar-refractivity contribution in [1.29, 1.82) is 0 Å². The van der Waals surface area contributed by atoms with E-state index in [4.69, 9.17) is 25.8 Å². The van der Waals surface area contributed by atoms with E-state index < -0.39 is 0 Å². The van der Waals surface area contributed by atoms with Gasteiger partial charge in [0.15, 0.2) is 5.75 Å². The van der Waals surface area contributed by atoms with Crippen LogP contribution in [0.5, 0.6) is 23.1 Å². The van der Waals surface area contributed by atoms with Gasteiger partial charge in [0.1, 0.15) is 18.1 Å². The molecule has 5 aromatic rings. The second kappa shape index (κ2) is 18.8. The molecule has 0 spiro atoms. The Labute approximate surface area is 324 Å². The molecule has 7 nitrogen and oxygen atoms in total. The van der Waals surface area contributed by atoms with Crippen molar-refractivity contribution in [2.24, 2.45) is 0 Å². The monoisotopic (exact) mass is 751 g/mol. The van der Waals surface area contributed by atoms with Gasteiger partial charge < -0.3 is 19.1 Å². The number of aryl methyl sites for hydroxylation is 3. The molecule has 9 heteroatoms. The van der Waals surface area contributed by atoms with Gasteiger partial charge in [-0.2, -0.15) is 0 Å². The second-order valence-corrected chi connectivity index (χ2v) is 14.0. The van der Waals surface area contributed by atoms with E-state index in [1.165, 1.54) is 22.3 Å². The van der Waals surface area contributed by atoms with Crippen LogP contribution in [0.2, 0.25) is 5.02 Å². The number of pyridine rings is 1. The maximum absolute atomic E-state index is 13.1. The van der Waals surface area contributed by atoms with E-state index in [9.17, 15) is 4.79 Å². The van der Waals surface area contributed by atoms with Gasteiger partial charge in [-0.15, -0.1) is 12.4 Å². The summed E-state index contributed by atoms with van der Waals surface area (Å²) in [5.74, 6) is 2.49. The number of hydrogen-bond donors (Lipinski definition) is 0. The average Bonchev–Trinajstić information content (AvgIpc) is 3.14. The molecule has 1 aliphatic heterocycles. The van der Waals surface area contributed by atoms with Gasteiger partial charge in [-0.1, -0.05) is 83.4 Å². The Kier molecular flexibility index (Phi) is 14.0. The van der Waals surface area contributed by atoms with Crippen molar-refractivity contribution in [3.63, 3.8) is 0 Å². The first-order valence-corrected chi connectivity index (χ1v) is 18.2. The molecule has 0 N–H and O–H groups in total. The Hall–Kier alpha value is -4.82. The highest BCUT2D eigenvalue weighted by molar-refractivity contribution is 6.32. The van der Waals surface area contributed by atoms with E-state index in [0.717, 1.165) is 48.5 Å². The van der Waals surface area contributed by atoms with Crippen LogP contribution in [0, 0.1) is 20.8 Å². The molecule has 0 saturated carbocycles. The highest BCUT2D eigenvalue weighted by Gasteiger charge is 2.20. The number of rotatable bonds is 13. The van der Waals surface area contributed by atoms with E-state index in [2.05, 4.69) is 91.3 Å². The Morgan fingerprint density at radius 2 is 1.43 bits per heavy atom. The third-order valence-corrected chi connectivity index (χ3v) is 9.39. The van der Waals surface area contributed by atoms with Crippen LogP contribution >= 0.6 is 24.0 Å². The maximum atomic E-state index is 13.1. The summed E-state index contributed by atoms with van der Waals surface area (Å²) in [5.41, 5.74) is 7.72. The predicted molar refractivity (Wildman–Crippen MR) is 216 cm³/mol. The number of carbonyl (C=O) groups is 1. The molecular formula is C44H47Cl2N3O4. The highest BCUT2D eigenvalue weighted by Crippen LogP contribution is 2.34. The zero-order chi connectivity index (χ0) is 36.5. The molecule has 1 atom stereocenters. The number of amides is 1. The van der Waals surface area contributed by atoms with Crippen LogP contribution in [0.4, 0.5) is 0 Å². The molecule has 1 fully saturated rings. The van der Waals surface area contributed by atoms with Crippen LogP contribution in [0.15, 0.2) is 109 Å². The highest BCUT2D eigenvalue weighted by atomic mass is 35.5. The number of piperazine rings is 1. The van der Waals surface area contributed by atoms with E-state index in [1.54, 1.807) is 24.4 Å². The molecule has 53 heavy (non-hydrogen) atoms. The molecule has 276 valence electrons. The van der Waals surface area contributed by atoms with Crippen LogP contribution in [0.25, 0.3) is 6.08 Å². The summed E-state index contributed by atoms with van der Waals surface area (Å²) in [6.45, 7) is 12.5. The lowest BCUT2D eigenvalue weighted by Crippen LogP contribution is -2.47. The van der Waals surface area contributed by atoms with Crippen LogP contribution in [-0.4, -0.2) is 53.0 Å². The number of carbonyl (C=O) groups excluding carboxylic acids is 1. The number of halogens is 2. The minimum Gasteiger partial charge on any atom is -0.490 e. The molecule has 1 saturated heterocycles. The summed E-state index contributed by atoms with van der Waals surface area (Å²) in [5, 5.41) is 0.445. The number of hydrogen-bond acceptors (Lipinski definition) is 6. The Bertz CT molecular complexity index is 1930. The minimum absolute atomic E-state index is 0. The Morgan fingerprint density at radius 3 is 2.08 bits per heavy atom. The fraction of sp³-hybridized carbons (Fsp3) is 0.273. The fourth-order valence-corrected chi connectivity index (χ4v) is 6.43.